The molecule has 0 unspecified atom stereocenters. The van der Waals surface area contributed by atoms with Crippen LogP contribution in [0.5, 0.6) is 5.75 Å². The molecule has 0 aliphatic carbocycles. The largest absolute Gasteiger partial charge is 0.497 e. The van der Waals surface area contributed by atoms with E-state index in [0.717, 1.165) is 22.0 Å². The van der Waals surface area contributed by atoms with Crippen molar-refractivity contribution in [3.8, 4) is 5.75 Å². The van der Waals surface area contributed by atoms with Crippen molar-refractivity contribution in [2.45, 2.75) is 10.6 Å². The SMILES string of the molecule is COc1ccc(/C(N)=N/O)c(SCc2ccc(Cl)cc2)c1. The number of amidine groups is 1. The minimum absolute atomic E-state index is 0.0799. The molecule has 0 atom stereocenters. The van der Waals surface area contributed by atoms with Gasteiger partial charge in [-0.25, -0.2) is 0 Å². The Bertz CT molecular complexity index is 645. The molecule has 2 aromatic rings. The third-order valence-electron chi connectivity index (χ3n) is 2.88. The average Bonchev–Trinajstić information content (AvgIpc) is 2.53. The smallest absolute Gasteiger partial charge is 0.171 e. The molecular weight excluding hydrogens is 308 g/mol. The van der Waals surface area contributed by atoms with E-state index in [-0.39, 0.29) is 5.84 Å². The lowest BCUT2D eigenvalue weighted by molar-refractivity contribution is 0.318. The molecule has 4 nitrogen and oxygen atoms in total. The second-order valence-corrected chi connectivity index (χ2v) is 5.72. The average molecular weight is 323 g/mol. The van der Waals surface area contributed by atoms with Crippen molar-refractivity contribution in [2.75, 3.05) is 7.11 Å². The van der Waals surface area contributed by atoms with E-state index >= 15 is 0 Å². The van der Waals surface area contributed by atoms with Crippen molar-refractivity contribution in [3.63, 3.8) is 0 Å². The Morgan fingerprint density at radius 1 is 1.29 bits per heavy atom. The summed E-state index contributed by atoms with van der Waals surface area (Å²) in [6, 6.07) is 13.1. The zero-order chi connectivity index (χ0) is 15.2. The van der Waals surface area contributed by atoms with Crippen LogP contribution in [0.25, 0.3) is 0 Å². The Kier molecular flexibility index (Phi) is 5.36. The van der Waals surface area contributed by atoms with Gasteiger partial charge >= 0.3 is 0 Å². The first-order valence-electron chi connectivity index (χ1n) is 6.17. The number of benzene rings is 2. The molecular formula is C15H15ClN2O2S. The van der Waals surface area contributed by atoms with Crippen LogP contribution in [0.1, 0.15) is 11.1 Å². The molecule has 0 saturated carbocycles. The Labute approximate surface area is 132 Å². The number of hydrogen-bond donors (Lipinski definition) is 2. The molecule has 0 saturated heterocycles. The standard InChI is InChI=1S/C15H15ClN2O2S/c1-20-12-6-7-13(15(17)18-19)14(8-12)21-9-10-2-4-11(16)5-3-10/h2-8,19H,9H2,1H3,(H2,17,18). The summed E-state index contributed by atoms with van der Waals surface area (Å²) in [5, 5.41) is 12.6. The number of nitrogens with zero attached hydrogens (tertiary/aromatic N) is 1. The number of thioether (sulfide) groups is 1. The van der Waals surface area contributed by atoms with Gasteiger partial charge in [-0.15, -0.1) is 11.8 Å². The van der Waals surface area contributed by atoms with E-state index in [0.29, 0.717) is 10.6 Å². The van der Waals surface area contributed by atoms with Gasteiger partial charge in [0.15, 0.2) is 5.84 Å². The van der Waals surface area contributed by atoms with Crippen molar-refractivity contribution in [3.05, 3.63) is 58.6 Å². The molecule has 2 rings (SSSR count). The fourth-order valence-corrected chi connectivity index (χ4v) is 2.92. The first kappa shape index (κ1) is 15.5. The van der Waals surface area contributed by atoms with Gasteiger partial charge in [0.25, 0.3) is 0 Å². The molecule has 0 bridgehead atoms. The van der Waals surface area contributed by atoms with Crippen LogP contribution in [0, 0.1) is 0 Å². The van der Waals surface area contributed by atoms with Gasteiger partial charge in [-0.1, -0.05) is 28.9 Å². The van der Waals surface area contributed by atoms with Crippen LogP contribution in [0.4, 0.5) is 0 Å². The summed E-state index contributed by atoms with van der Waals surface area (Å²) in [5.41, 5.74) is 7.52. The minimum atomic E-state index is 0.0799. The van der Waals surface area contributed by atoms with Crippen molar-refractivity contribution >= 4 is 29.2 Å². The maximum absolute atomic E-state index is 8.86. The number of nitrogens with two attached hydrogens (primary N) is 1. The number of ether oxygens (including phenoxy) is 1. The zero-order valence-electron chi connectivity index (χ0n) is 11.4. The molecule has 0 aromatic heterocycles. The predicted molar refractivity (Wildman–Crippen MR) is 86.5 cm³/mol. The molecule has 6 heteroatoms. The summed E-state index contributed by atoms with van der Waals surface area (Å²) in [6.45, 7) is 0. The van der Waals surface area contributed by atoms with Gasteiger partial charge in [0.05, 0.1) is 7.11 Å². The normalized spacial score (nSPS) is 11.4. The first-order chi connectivity index (χ1) is 10.1. The third-order valence-corrected chi connectivity index (χ3v) is 4.26. The van der Waals surface area contributed by atoms with Crippen LogP contribution in [0.15, 0.2) is 52.5 Å². The van der Waals surface area contributed by atoms with Gasteiger partial charge in [0, 0.05) is 21.2 Å². The summed E-state index contributed by atoms with van der Waals surface area (Å²) in [4.78, 5) is 0.889. The lowest BCUT2D eigenvalue weighted by Crippen LogP contribution is -2.14. The fourth-order valence-electron chi connectivity index (χ4n) is 1.76. The fraction of sp³-hybridized carbons (Fsp3) is 0.133. The second kappa shape index (κ2) is 7.24. The van der Waals surface area contributed by atoms with Gasteiger partial charge in [0.1, 0.15) is 5.75 Å². The lowest BCUT2D eigenvalue weighted by atomic mass is 10.2. The molecule has 0 amide bonds. The summed E-state index contributed by atoms with van der Waals surface area (Å²) in [6.07, 6.45) is 0. The highest BCUT2D eigenvalue weighted by molar-refractivity contribution is 7.98. The first-order valence-corrected chi connectivity index (χ1v) is 7.53. The van der Waals surface area contributed by atoms with Crippen LogP contribution in [-0.2, 0) is 5.75 Å². The minimum Gasteiger partial charge on any atom is -0.497 e. The highest BCUT2D eigenvalue weighted by atomic mass is 35.5. The predicted octanol–water partition coefficient (Wildman–Crippen LogP) is 3.74. The van der Waals surface area contributed by atoms with E-state index in [1.165, 1.54) is 0 Å². The van der Waals surface area contributed by atoms with Crippen LogP contribution < -0.4 is 10.5 Å². The summed E-state index contributed by atoms with van der Waals surface area (Å²) >= 11 is 7.45. The van der Waals surface area contributed by atoms with Gasteiger partial charge in [-0.2, -0.15) is 0 Å². The van der Waals surface area contributed by atoms with Gasteiger partial charge < -0.3 is 15.7 Å². The van der Waals surface area contributed by atoms with Crippen LogP contribution in [-0.4, -0.2) is 18.2 Å². The Hall–Kier alpha value is -1.85. The van der Waals surface area contributed by atoms with Crippen LogP contribution in [0.3, 0.4) is 0 Å². The molecule has 21 heavy (non-hydrogen) atoms. The zero-order valence-corrected chi connectivity index (χ0v) is 13.0. The molecule has 0 aliphatic heterocycles. The Morgan fingerprint density at radius 3 is 2.62 bits per heavy atom. The molecule has 0 fully saturated rings. The summed E-state index contributed by atoms with van der Waals surface area (Å²) in [5.74, 6) is 1.55. The number of oxime groups is 1. The third kappa shape index (κ3) is 4.06. The van der Waals surface area contributed by atoms with Crippen molar-refractivity contribution in [1.29, 1.82) is 0 Å². The Morgan fingerprint density at radius 2 is 2.00 bits per heavy atom. The van der Waals surface area contributed by atoms with E-state index < -0.39 is 0 Å². The van der Waals surface area contributed by atoms with Crippen LogP contribution in [0.2, 0.25) is 5.02 Å². The van der Waals surface area contributed by atoms with E-state index in [1.807, 2.05) is 30.3 Å². The number of rotatable bonds is 5. The topological polar surface area (TPSA) is 67.8 Å². The molecule has 2 aromatic carbocycles. The molecule has 0 radical (unpaired) electrons. The number of hydrogen-bond acceptors (Lipinski definition) is 4. The van der Waals surface area contributed by atoms with Crippen molar-refractivity contribution < 1.29 is 9.94 Å². The molecule has 0 aliphatic rings. The number of methoxy groups -OCH3 is 1. The maximum Gasteiger partial charge on any atom is 0.171 e. The summed E-state index contributed by atoms with van der Waals surface area (Å²) < 4.78 is 5.22. The second-order valence-electron chi connectivity index (χ2n) is 4.26. The quantitative estimate of drug-likeness (QED) is 0.289. The Balaban J connectivity index is 2.22. The van der Waals surface area contributed by atoms with Gasteiger partial charge in [0.2, 0.25) is 0 Å². The molecule has 0 spiro atoms. The van der Waals surface area contributed by atoms with E-state index in [4.69, 9.17) is 27.3 Å². The van der Waals surface area contributed by atoms with Crippen molar-refractivity contribution in [1.82, 2.24) is 0 Å². The highest BCUT2D eigenvalue weighted by Crippen LogP contribution is 2.30. The molecule has 0 heterocycles. The van der Waals surface area contributed by atoms with E-state index in [1.54, 1.807) is 31.0 Å². The van der Waals surface area contributed by atoms with Gasteiger partial charge in [-0.3, -0.25) is 0 Å². The lowest BCUT2D eigenvalue weighted by Gasteiger charge is -2.10. The monoisotopic (exact) mass is 322 g/mol. The molecule has 110 valence electrons. The van der Waals surface area contributed by atoms with Crippen LogP contribution >= 0.6 is 23.4 Å². The summed E-state index contributed by atoms with van der Waals surface area (Å²) in [7, 11) is 1.60. The number of halogens is 1. The molecule has 3 N–H and O–H groups in total. The van der Waals surface area contributed by atoms with Gasteiger partial charge in [-0.05, 0) is 35.9 Å². The highest BCUT2D eigenvalue weighted by Gasteiger charge is 2.09. The maximum atomic E-state index is 8.86. The van der Waals surface area contributed by atoms with E-state index in [2.05, 4.69) is 5.16 Å². The van der Waals surface area contributed by atoms with Crippen molar-refractivity contribution in [2.24, 2.45) is 10.9 Å². The van der Waals surface area contributed by atoms with E-state index in [9.17, 15) is 0 Å².